The Labute approximate surface area is 201 Å². The first kappa shape index (κ1) is 23.3. The number of aromatic nitrogens is 2. The number of benzene rings is 1. The molecule has 0 bridgehead atoms. The fourth-order valence-electron chi connectivity index (χ4n) is 5.32. The summed E-state index contributed by atoms with van der Waals surface area (Å²) in [4.78, 5) is 33.3. The number of hydrogen-bond acceptors (Lipinski definition) is 4. The van der Waals surface area contributed by atoms with Crippen molar-refractivity contribution in [1.82, 2.24) is 19.4 Å². The number of Topliss-reactive ketones (excluding diaryl/α,β-unsaturated/α-hetero) is 1. The van der Waals surface area contributed by atoms with E-state index in [-0.39, 0.29) is 11.6 Å². The van der Waals surface area contributed by atoms with Crippen molar-refractivity contribution in [1.29, 1.82) is 0 Å². The van der Waals surface area contributed by atoms with E-state index < -0.39 is 17.5 Å². The molecule has 3 aromatic rings. The predicted molar refractivity (Wildman–Crippen MR) is 124 cm³/mol. The van der Waals surface area contributed by atoms with Crippen LogP contribution < -0.4 is 0 Å². The molecule has 1 aromatic carbocycles. The Balaban J connectivity index is 1.33. The number of ketones is 1. The van der Waals surface area contributed by atoms with Crippen LogP contribution in [0.3, 0.4) is 0 Å². The number of rotatable bonds is 3. The van der Waals surface area contributed by atoms with Crippen molar-refractivity contribution in [3.8, 4) is 11.1 Å². The molecule has 0 aliphatic carbocycles. The molecule has 4 heterocycles. The molecule has 0 saturated carbocycles. The number of carbonyl (C=O) groups excluding carboxylic acids is 2. The molecule has 0 unspecified atom stereocenters. The van der Waals surface area contributed by atoms with Gasteiger partial charge in [-0.05, 0) is 43.7 Å². The average molecular weight is 483 g/mol. The molecule has 2 aliphatic rings. The van der Waals surface area contributed by atoms with Crippen molar-refractivity contribution in [3.63, 3.8) is 0 Å². The van der Waals surface area contributed by atoms with Gasteiger partial charge in [0.15, 0.2) is 0 Å². The number of fused-ring (bicyclic) bond motifs is 2. The van der Waals surface area contributed by atoms with Crippen LogP contribution in [0.25, 0.3) is 11.1 Å². The maximum atomic E-state index is 13.1. The zero-order chi connectivity index (χ0) is 24.8. The number of piperidine rings is 1. The Morgan fingerprint density at radius 3 is 2.23 bits per heavy atom. The van der Waals surface area contributed by atoms with Crippen LogP contribution in [0.5, 0.6) is 0 Å². The van der Waals surface area contributed by atoms with E-state index in [1.807, 2.05) is 43.4 Å². The monoisotopic (exact) mass is 482 g/mol. The van der Waals surface area contributed by atoms with Gasteiger partial charge in [-0.1, -0.05) is 36.4 Å². The minimum Gasteiger partial charge on any atom is -0.339 e. The second kappa shape index (κ2) is 8.64. The van der Waals surface area contributed by atoms with Gasteiger partial charge in [-0.3, -0.25) is 19.5 Å². The van der Waals surface area contributed by atoms with Crippen LogP contribution in [-0.4, -0.2) is 63.9 Å². The topological polar surface area (TPSA) is 58.4 Å². The van der Waals surface area contributed by atoms with Gasteiger partial charge in [0.05, 0.1) is 11.2 Å². The van der Waals surface area contributed by atoms with E-state index >= 15 is 0 Å². The molecule has 2 aliphatic heterocycles. The molecular formula is C26H25F3N4O2. The normalized spacial score (nSPS) is 17.9. The largest absolute Gasteiger partial charge is 0.456 e. The SMILES string of the molecule is CN1CCn2c(C(=O)C(F)(F)F)ccc2C12CCN(C(=O)c1ccc(-c3ccccc3)cn1)CC2. The number of carbonyl (C=O) groups is 2. The van der Waals surface area contributed by atoms with Gasteiger partial charge < -0.3 is 9.47 Å². The fourth-order valence-corrected chi connectivity index (χ4v) is 5.32. The van der Waals surface area contributed by atoms with Crippen LogP contribution in [0.1, 0.15) is 39.5 Å². The van der Waals surface area contributed by atoms with Gasteiger partial charge in [0.1, 0.15) is 5.69 Å². The van der Waals surface area contributed by atoms with Crippen LogP contribution in [0.15, 0.2) is 60.8 Å². The van der Waals surface area contributed by atoms with E-state index in [1.54, 1.807) is 23.2 Å². The number of likely N-dealkylation sites (N-methyl/N-ethyl adjacent to an activating group) is 1. The fraction of sp³-hybridized carbons (Fsp3) is 0.346. The molecular weight excluding hydrogens is 457 g/mol. The standard InChI is InChI=1S/C26H25F3N4O2/c1-31-15-16-33-21(23(34)26(27,28)29)9-10-22(33)25(31)11-13-32(14-12-25)24(35)20-8-7-19(17-30-20)18-5-3-2-4-6-18/h2-10,17H,11-16H2,1H3. The van der Waals surface area contributed by atoms with Crippen molar-refractivity contribution >= 4 is 11.7 Å². The summed E-state index contributed by atoms with van der Waals surface area (Å²) < 4.78 is 40.8. The number of pyridine rings is 1. The lowest BCUT2D eigenvalue weighted by molar-refractivity contribution is -0.0892. The third-order valence-corrected chi connectivity index (χ3v) is 7.30. The molecule has 1 saturated heterocycles. The molecule has 1 amide bonds. The maximum absolute atomic E-state index is 13.1. The van der Waals surface area contributed by atoms with Crippen molar-refractivity contribution in [2.24, 2.45) is 0 Å². The molecule has 1 spiro atoms. The molecule has 0 atom stereocenters. The van der Waals surface area contributed by atoms with Gasteiger partial charge in [-0.2, -0.15) is 13.2 Å². The van der Waals surface area contributed by atoms with Gasteiger partial charge in [0.25, 0.3) is 11.7 Å². The van der Waals surface area contributed by atoms with Crippen molar-refractivity contribution in [3.05, 3.63) is 77.9 Å². The van der Waals surface area contributed by atoms with Crippen LogP contribution >= 0.6 is 0 Å². The van der Waals surface area contributed by atoms with Gasteiger partial charge in [-0.15, -0.1) is 0 Å². The third kappa shape index (κ3) is 4.03. The van der Waals surface area contributed by atoms with Crippen LogP contribution in [0.2, 0.25) is 0 Å². The molecule has 5 rings (SSSR count). The second-order valence-corrected chi connectivity index (χ2v) is 9.13. The minimum absolute atomic E-state index is 0.166. The molecule has 9 heteroatoms. The van der Waals surface area contributed by atoms with Crippen molar-refractivity contribution < 1.29 is 22.8 Å². The second-order valence-electron chi connectivity index (χ2n) is 9.13. The Morgan fingerprint density at radius 2 is 1.60 bits per heavy atom. The Hall–Kier alpha value is -3.46. The zero-order valence-electron chi connectivity index (χ0n) is 19.3. The van der Waals surface area contributed by atoms with Gasteiger partial charge in [-0.25, -0.2) is 0 Å². The molecule has 2 aromatic heterocycles. The maximum Gasteiger partial charge on any atom is 0.456 e. The summed E-state index contributed by atoms with van der Waals surface area (Å²) in [5.41, 5.74) is 2.17. The number of halogens is 3. The summed E-state index contributed by atoms with van der Waals surface area (Å²) in [5.74, 6) is -1.98. The van der Waals surface area contributed by atoms with Gasteiger partial charge in [0, 0.05) is 43.6 Å². The Morgan fingerprint density at radius 1 is 0.886 bits per heavy atom. The Bertz CT molecular complexity index is 1240. The lowest BCUT2D eigenvalue weighted by Crippen LogP contribution is -2.56. The van der Waals surface area contributed by atoms with E-state index in [0.717, 1.165) is 11.1 Å². The summed E-state index contributed by atoms with van der Waals surface area (Å²) in [5, 5.41) is 0. The lowest BCUT2D eigenvalue weighted by atomic mass is 9.81. The quantitative estimate of drug-likeness (QED) is 0.521. The summed E-state index contributed by atoms with van der Waals surface area (Å²) in [7, 11) is 1.95. The first-order valence-corrected chi connectivity index (χ1v) is 11.5. The number of nitrogens with zero attached hydrogens (tertiary/aromatic N) is 4. The van der Waals surface area contributed by atoms with Gasteiger partial charge >= 0.3 is 6.18 Å². The molecule has 0 N–H and O–H groups in total. The highest BCUT2D eigenvalue weighted by Gasteiger charge is 2.47. The molecule has 1 fully saturated rings. The van der Waals surface area contributed by atoms with E-state index in [9.17, 15) is 22.8 Å². The first-order valence-electron chi connectivity index (χ1n) is 11.5. The summed E-state index contributed by atoms with van der Waals surface area (Å²) >= 11 is 0. The van der Waals surface area contributed by atoms with Crippen molar-refractivity contribution in [2.75, 3.05) is 26.7 Å². The molecule has 182 valence electrons. The van der Waals surface area contributed by atoms with E-state index in [2.05, 4.69) is 9.88 Å². The Kier molecular flexibility index (Phi) is 5.75. The number of alkyl halides is 3. The number of hydrogen-bond donors (Lipinski definition) is 0. The van der Waals surface area contributed by atoms with Crippen LogP contribution in [0.4, 0.5) is 13.2 Å². The first-order chi connectivity index (χ1) is 16.7. The van der Waals surface area contributed by atoms with E-state index in [0.29, 0.717) is 50.4 Å². The number of likely N-dealkylation sites (tertiary alicyclic amines) is 1. The molecule has 6 nitrogen and oxygen atoms in total. The third-order valence-electron chi connectivity index (χ3n) is 7.30. The highest BCUT2D eigenvalue weighted by Crippen LogP contribution is 2.42. The molecule has 0 radical (unpaired) electrons. The number of amides is 1. The average Bonchev–Trinajstić information content (AvgIpc) is 3.31. The zero-order valence-corrected chi connectivity index (χ0v) is 19.3. The summed E-state index contributed by atoms with van der Waals surface area (Å²) in [6.07, 6.45) is -2.11. The van der Waals surface area contributed by atoms with Gasteiger partial charge in [0.2, 0.25) is 0 Å². The predicted octanol–water partition coefficient (Wildman–Crippen LogP) is 4.37. The summed E-state index contributed by atoms with van der Waals surface area (Å²) in [6, 6.07) is 16.3. The minimum atomic E-state index is -4.91. The van der Waals surface area contributed by atoms with Crippen LogP contribution in [-0.2, 0) is 12.1 Å². The summed E-state index contributed by atoms with van der Waals surface area (Å²) in [6.45, 7) is 1.73. The van der Waals surface area contributed by atoms with Crippen molar-refractivity contribution in [2.45, 2.75) is 31.1 Å². The van der Waals surface area contributed by atoms with E-state index in [4.69, 9.17) is 0 Å². The highest BCUT2D eigenvalue weighted by molar-refractivity contribution is 5.99. The van der Waals surface area contributed by atoms with Crippen LogP contribution in [0, 0.1) is 0 Å². The highest BCUT2D eigenvalue weighted by atomic mass is 19.4. The lowest BCUT2D eigenvalue weighted by Gasteiger charge is -2.50. The molecule has 35 heavy (non-hydrogen) atoms. The van der Waals surface area contributed by atoms with E-state index in [1.165, 1.54) is 10.6 Å². The smallest absolute Gasteiger partial charge is 0.339 e.